The Hall–Kier alpha value is -1.64. The Bertz CT molecular complexity index is 548. The lowest BCUT2D eigenvalue weighted by Gasteiger charge is -2.25. The van der Waals surface area contributed by atoms with Crippen LogP contribution < -0.4 is 5.43 Å². The van der Waals surface area contributed by atoms with Gasteiger partial charge in [-0.3, -0.25) is 5.43 Å². The van der Waals surface area contributed by atoms with E-state index in [0.717, 1.165) is 19.5 Å². The average molecular weight is 280 g/mol. The number of aryl methyl sites for hydroxylation is 1. The molecule has 2 heteroatoms. The molecule has 110 valence electrons. The molecule has 2 aromatic rings. The van der Waals surface area contributed by atoms with Crippen molar-refractivity contribution in [3.05, 3.63) is 71.3 Å². The summed E-state index contributed by atoms with van der Waals surface area (Å²) < 4.78 is 0. The van der Waals surface area contributed by atoms with Crippen LogP contribution in [0, 0.1) is 6.92 Å². The molecule has 0 aliphatic carbocycles. The second-order valence-corrected chi connectivity index (χ2v) is 6.00. The molecule has 2 aromatic carbocycles. The third-order valence-corrected chi connectivity index (χ3v) is 4.30. The number of hydrazine groups is 1. The van der Waals surface area contributed by atoms with Gasteiger partial charge in [-0.2, -0.15) is 0 Å². The van der Waals surface area contributed by atoms with E-state index in [1.54, 1.807) is 0 Å². The maximum absolute atomic E-state index is 3.62. The van der Waals surface area contributed by atoms with Gasteiger partial charge < -0.3 is 0 Å². The van der Waals surface area contributed by atoms with Crippen LogP contribution in [0.3, 0.4) is 0 Å². The van der Waals surface area contributed by atoms with Gasteiger partial charge in [-0.25, -0.2) is 5.01 Å². The minimum Gasteiger partial charge on any atom is -0.251 e. The molecular formula is C19H24N2. The van der Waals surface area contributed by atoms with Crippen LogP contribution in [0.4, 0.5) is 0 Å². The number of rotatable bonds is 5. The van der Waals surface area contributed by atoms with Crippen molar-refractivity contribution >= 4 is 0 Å². The number of benzene rings is 2. The number of nitrogens with one attached hydrogen (secondary N) is 1. The van der Waals surface area contributed by atoms with Gasteiger partial charge in [-0.1, -0.05) is 60.2 Å². The molecule has 1 fully saturated rings. The number of nitrogens with zero attached hydrogens (tertiary/aromatic N) is 1. The Morgan fingerprint density at radius 3 is 2.52 bits per heavy atom. The molecule has 21 heavy (non-hydrogen) atoms. The van der Waals surface area contributed by atoms with Gasteiger partial charge in [-0.05, 0) is 37.3 Å². The summed E-state index contributed by atoms with van der Waals surface area (Å²) >= 11 is 0. The maximum atomic E-state index is 3.62. The van der Waals surface area contributed by atoms with Gasteiger partial charge in [0.15, 0.2) is 0 Å². The van der Waals surface area contributed by atoms with Gasteiger partial charge in [-0.15, -0.1) is 0 Å². The molecule has 1 aliphatic rings. The first kappa shape index (κ1) is 14.3. The summed E-state index contributed by atoms with van der Waals surface area (Å²) in [5.74, 6) is 0. The zero-order chi connectivity index (χ0) is 14.5. The largest absolute Gasteiger partial charge is 0.251 e. The molecule has 1 unspecified atom stereocenters. The molecule has 1 aliphatic heterocycles. The predicted octanol–water partition coefficient (Wildman–Crippen LogP) is 3.71. The van der Waals surface area contributed by atoms with Gasteiger partial charge in [0.05, 0.1) is 0 Å². The molecule has 1 atom stereocenters. The molecule has 2 nitrogen and oxygen atoms in total. The third-order valence-electron chi connectivity index (χ3n) is 4.30. The number of hydrogen-bond acceptors (Lipinski definition) is 2. The van der Waals surface area contributed by atoms with Crippen molar-refractivity contribution in [1.82, 2.24) is 10.4 Å². The fourth-order valence-electron chi connectivity index (χ4n) is 3.04. The van der Waals surface area contributed by atoms with Gasteiger partial charge >= 0.3 is 0 Å². The van der Waals surface area contributed by atoms with Gasteiger partial charge in [0.2, 0.25) is 0 Å². The Labute approximate surface area is 127 Å². The molecule has 0 radical (unpaired) electrons. The van der Waals surface area contributed by atoms with E-state index in [2.05, 4.69) is 72.0 Å². The van der Waals surface area contributed by atoms with Crippen LogP contribution in [-0.4, -0.2) is 17.6 Å². The van der Waals surface area contributed by atoms with Crippen molar-refractivity contribution in [3.8, 4) is 0 Å². The van der Waals surface area contributed by atoms with Crippen molar-refractivity contribution in [2.45, 2.75) is 38.8 Å². The molecule has 0 spiro atoms. The van der Waals surface area contributed by atoms with Crippen molar-refractivity contribution in [2.24, 2.45) is 0 Å². The molecule has 0 bridgehead atoms. The van der Waals surface area contributed by atoms with E-state index in [1.165, 1.54) is 29.5 Å². The van der Waals surface area contributed by atoms with Crippen LogP contribution >= 0.6 is 0 Å². The Morgan fingerprint density at radius 1 is 1.00 bits per heavy atom. The first-order valence-corrected chi connectivity index (χ1v) is 7.91. The first-order chi connectivity index (χ1) is 10.3. The van der Waals surface area contributed by atoms with Crippen molar-refractivity contribution < 1.29 is 0 Å². The normalized spacial score (nSPS) is 19.0. The minimum atomic E-state index is 0.623. The van der Waals surface area contributed by atoms with E-state index in [0.29, 0.717) is 6.04 Å². The lowest BCUT2D eigenvalue weighted by Crippen LogP contribution is -2.42. The molecule has 1 saturated heterocycles. The Balaban J connectivity index is 1.55. The average Bonchev–Trinajstić information content (AvgIpc) is 2.95. The summed E-state index contributed by atoms with van der Waals surface area (Å²) in [6.07, 6.45) is 3.72. The summed E-state index contributed by atoms with van der Waals surface area (Å²) in [6.45, 7) is 4.21. The molecule has 0 amide bonds. The molecule has 3 rings (SSSR count). The molecule has 0 aromatic heterocycles. The Kier molecular flexibility index (Phi) is 4.69. The van der Waals surface area contributed by atoms with E-state index in [1.807, 2.05) is 0 Å². The van der Waals surface area contributed by atoms with E-state index in [4.69, 9.17) is 0 Å². The summed E-state index contributed by atoms with van der Waals surface area (Å²) in [5.41, 5.74) is 7.73. The second-order valence-electron chi connectivity index (χ2n) is 6.00. The SMILES string of the molecule is Cc1ccc(CNN2CCCC2Cc2ccccc2)cc1. The fourth-order valence-corrected chi connectivity index (χ4v) is 3.04. The Morgan fingerprint density at radius 2 is 1.76 bits per heavy atom. The summed E-state index contributed by atoms with van der Waals surface area (Å²) in [4.78, 5) is 0. The van der Waals surface area contributed by atoms with E-state index < -0.39 is 0 Å². The van der Waals surface area contributed by atoms with Gasteiger partial charge in [0, 0.05) is 19.1 Å². The molecule has 1 heterocycles. The van der Waals surface area contributed by atoms with Crippen LogP contribution in [0.25, 0.3) is 0 Å². The lowest BCUT2D eigenvalue weighted by atomic mass is 10.0. The smallest absolute Gasteiger partial charge is 0.0353 e. The van der Waals surface area contributed by atoms with Crippen LogP contribution in [0.5, 0.6) is 0 Å². The standard InChI is InChI=1S/C19H24N2/c1-16-9-11-18(12-10-16)15-20-21-13-5-8-19(21)14-17-6-3-2-4-7-17/h2-4,6-7,9-12,19-20H,5,8,13-15H2,1H3. The highest BCUT2D eigenvalue weighted by Crippen LogP contribution is 2.19. The van der Waals surface area contributed by atoms with Gasteiger partial charge in [0.25, 0.3) is 0 Å². The van der Waals surface area contributed by atoms with Gasteiger partial charge in [0.1, 0.15) is 0 Å². The minimum absolute atomic E-state index is 0.623. The zero-order valence-electron chi connectivity index (χ0n) is 12.8. The monoisotopic (exact) mass is 280 g/mol. The maximum Gasteiger partial charge on any atom is 0.0353 e. The van der Waals surface area contributed by atoms with E-state index in [9.17, 15) is 0 Å². The summed E-state index contributed by atoms with van der Waals surface area (Å²) in [7, 11) is 0. The van der Waals surface area contributed by atoms with Crippen LogP contribution in [-0.2, 0) is 13.0 Å². The van der Waals surface area contributed by atoms with Crippen LogP contribution in [0.1, 0.15) is 29.5 Å². The highest BCUT2D eigenvalue weighted by atomic mass is 15.5. The summed E-state index contributed by atoms with van der Waals surface area (Å²) in [5, 5.41) is 2.44. The van der Waals surface area contributed by atoms with Crippen molar-refractivity contribution in [2.75, 3.05) is 6.54 Å². The van der Waals surface area contributed by atoms with E-state index >= 15 is 0 Å². The molecule has 0 saturated carbocycles. The van der Waals surface area contributed by atoms with Crippen LogP contribution in [0.15, 0.2) is 54.6 Å². The lowest BCUT2D eigenvalue weighted by molar-refractivity contribution is 0.165. The topological polar surface area (TPSA) is 15.3 Å². The fraction of sp³-hybridized carbons (Fsp3) is 0.368. The third kappa shape index (κ3) is 3.93. The molecule has 1 N–H and O–H groups in total. The van der Waals surface area contributed by atoms with E-state index in [-0.39, 0.29) is 0 Å². The number of hydrogen-bond donors (Lipinski definition) is 1. The predicted molar refractivity (Wildman–Crippen MR) is 87.9 cm³/mol. The highest BCUT2D eigenvalue weighted by Gasteiger charge is 2.24. The van der Waals surface area contributed by atoms with Crippen molar-refractivity contribution in [1.29, 1.82) is 0 Å². The van der Waals surface area contributed by atoms with Crippen LogP contribution in [0.2, 0.25) is 0 Å². The molecular weight excluding hydrogens is 256 g/mol. The quantitative estimate of drug-likeness (QED) is 0.898. The highest BCUT2D eigenvalue weighted by molar-refractivity contribution is 5.21. The second kappa shape index (κ2) is 6.88. The summed E-state index contributed by atoms with van der Waals surface area (Å²) in [6, 6.07) is 20.2. The first-order valence-electron chi connectivity index (χ1n) is 7.91. The van der Waals surface area contributed by atoms with Crippen molar-refractivity contribution in [3.63, 3.8) is 0 Å². The zero-order valence-corrected chi connectivity index (χ0v) is 12.8.